The minimum absolute atomic E-state index is 0.0112. The van der Waals surface area contributed by atoms with Crippen LogP contribution >= 0.6 is 0 Å². The van der Waals surface area contributed by atoms with Gasteiger partial charge in [-0.1, -0.05) is 52.0 Å². The van der Waals surface area contributed by atoms with Gasteiger partial charge in [0.15, 0.2) is 0 Å². The van der Waals surface area contributed by atoms with Crippen LogP contribution in [0, 0.1) is 12.8 Å². The first kappa shape index (κ1) is 26.1. The van der Waals surface area contributed by atoms with Crippen LogP contribution in [-0.2, 0) is 14.8 Å². The van der Waals surface area contributed by atoms with Crippen molar-refractivity contribution in [3.63, 3.8) is 0 Å². The molecule has 2 aromatic heterocycles. The maximum Gasteiger partial charge on any atom is 0.430 e. The van der Waals surface area contributed by atoms with Gasteiger partial charge in [0.05, 0.1) is 31.3 Å². The number of aryl methyl sites for hydroxylation is 1. The van der Waals surface area contributed by atoms with Crippen molar-refractivity contribution < 1.29 is 22.7 Å². The number of rotatable bonds is 8. The molecule has 9 nitrogen and oxygen atoms in total. The minimum Gasteiger partial charge on any atom is -0.478 e. The van der Waals surface area contributed by atoms with Gasteiger partial charge in [-0.3, -0.25) is 4.98 Å². The highest BCUT2D eigenvalue weighted by molar-refractivity contribution is 7.93. The van der Waals surface area contributed by atoms with Gasteiger partial charge in [0, 0.05) is 11.8 Å². The van der Waals surface area contributed by atoms with E-state index < -0.39 is 16.1 Å². The van der Waals surface area contributed by atoms with Gasteiger partial charge in [-0.2, -0.15) is 0 Å². The fraction of sp³-hybridized carbons (Fsp3) is 0.360. The van der Waals surface area contributed by atoms with Crippen molar-refractivity contribution in [3.05, 3.63) is 60.0 Å². The van der Waals surface area contributed by atoms with Crippen LogP contribution in [0.3, 0.4) is 0 Å². The summed E-state index contributed by atoms with van der Waals surface area (Å²) in [5, 5.41) is 0. The Hall–Kier alpha value is -3.53. The average molecular weight is 499 g/mol. The van der Waals surface area contributed by atoms with Gasteiger partial charge in [-0.05, 0) is 36.5 Å². The zero-order valence-corrected chi connectivity index (χ0v) is 21.5. The number of hydrogen-bond acceptors (Lipinski definition) is 8. The molecule has 2 heterocycles. The molecule has 0 aliphatic heterocycles. The third-order valence-corrected chi connectivity index (χ3v) is 6.76. The van der Waals surface area contributed by atoms with E-state index >= 15 is 0 Å². The van der Waals surface area contributed by atoms with Crippen LogP contribution in [0.25, 0.3) is 11.3 Å². The van der Waals surface area contributed by atoms with Crippen LogP contribution < -0.4 is 9.04 Å². The summed E-state index contributed by atoms with van der Waals surface area (Å²) in [5.74, 6) is -0.115. The minimum atomic E-state index is -4.54. The summed E-state index contributed by atoms with van der Waals surface area (Å²) in [4.78, 5) is 25.7. The lowest BCUT2D eigenvalue weighted by atomic mass is 10.0. The van der Waals surface area contributed by atoms with Crippen molar-refractivity contribution >= 4 is 21.9 Å². The Kier molecular flexibility index (Phi) is 8.06. The lowest BCUT2D eigenvalue weighted by molar-refractivity contribution is 0.143. The van der Waals surface area contributed by atoms with Gasteiger partial charge in [0.2, 0.25) is 5.82 Å². The third kappa shape index (κ3) is 5.76. The standard InChI is InChI=1S/C25H30N4O5S/c1-16(2)15-34-25(30)29(23-24(33-6)28-18(5)14-27-23)35(31,32)21-8-7-13-26-22(21)20-11-9-19(10-12-20)17(3)4/h7-14,16-17H,15H2,1-6H3. The van der Waals surface area contributed by atoms with E-state index in [1.807, 2.05) is 38.1 Å². The molecule has 0 aliphatic carbocycles. The van der Waals surface area contributed by atoms with Crippen LogP contribution in [0.5, 0.6) is 5.88 Å². The molecule has 3 aromatic rings. The number of hydrogen-bond donors (Lipinski definition) is 0. The second-order valence-corrected chi connectivity index (χ2v) is 10.5. The molecule has 0 radical (unpaired) electrons. The average Bonchev–Trinajstić information content (AvgIpc) is 2.83. The highest BCUT2D eigenvalue weighted by Crippen LogP contribution is 2.34. The molecule has 0 aliphatic rings. The van der Waals surface area contributed by atoms with E-state index in [0.717, 1.165) is 5.56 Å². The predicted octanol–water partition coefficient (Wildman–Crippen LogP) is 4.97. The molecule has 1 amide bonds. The van der Waals surface area contributed by atoms with Gasteiger partial charge in [0.25, 0.3) is 15.9 Å². The number of benzene rings is 1. The number of methoxy groups -OCH3 is 1. The van der Waals surface area contributed by atoms with E-state index in [1.165, 1.54) is 31.6 Å². The highest BCUT2D eigenvalue weighted by Gasteiger charge is 2.38. The molecule has 0 saturated carbocycles. The Bertz CT molecular complexity index is 1290. The zero-order chi connectivity index (χ0) is 25.8. The number of pyridine rings is 1. The van der Waals surface area contributed by atoms with Crippen molar-refractivity contribution in [2.45, 2.75) is 45.4 Å². The van der Waals surface area contributed by atoms with Crippen LogP contribution in [0.4, 0.5) is 10.6 Å². The molecule has 0 N–H and O–H groups in total. The smallest absolute Gasteiger partial charge is 0.430 e. The van der Waals surface area contributed by atoms with Crippen molar-refractivity contribution in [3.8, 4) is 17.1 Å². The van der Waals surface area contributed by atoms with Gasteiger partial charge in [-0.15, -0.1) is 4.31 Å². The van der Waals surface area contributed by atoms with Crippen molar-refractivity contribution in [2.24, 2.45) is 5.92 Å². The fourth-order valence-electron chi connectivity index (χ4n) is 3.26. The Morgan fingerprint density at radius 2 is 1.74 bits per heavy atom. The monoisotopic (exact) mass is 498 g/mol. The molecule has 35 heavy (non-hydrogen) atoms. The van der Waals surface area contributed by atoms with Gasteiger partial charge in [0.1, 0.15) is 4.90 Å². The van der Waals surface area contributed by atoms with Crippen LogP contribution in [0.1, 0.15) is 44.9 Å². The Labute approximate surface area is 206 Å². The quantitative estimate of drug-likeness (QED) is 0.428. The number of sulfonamides is 1. The van der Waals surface area contributed by atoms with Gasteiger partial charge in [-0.25, -0.2) is 23.2 Å². The first-order valence-electron chi connectivity index (χ1n) is 11.2. The number of aromatic nitrogens is 3. The van der Waals surface area contributed by atoms with Crippen LogP contribution in [0.2, 0.25) is 0 Å². The van der Waals surface area contributed by atoms with E-state index in [9.17, 15) is 13.2 Å². The molecule has 186 valence electrons. The molecular formula is C25H30N4O5S. The summed E-state index contributed by atoms with van der Waals surface area (Å²) in [6.45, 7) is 9.53. The first-order valence-corrected chi connectivity index (χ1v) is 12.6. The van der Waals surface area contributed by atoms with Crippen LogP contribution in [0.15, 0.2) is 53.7 Å². The van der Waals surface area contributed by atoms with E-state index in [1.54, 1.807) is 6.92 Å². The number of carbonyl (C=O) groups is 1. The van der Waals surface area contributed by atoms with E-state index in [-0.39, 0.29) is 34.8 Å². The normalized spacial score (nSPS) is 11.5. The third-order valence-electron chi connectivity index (χ3n) is 5.07. The molecular weight excluding hydrogens is 468 g/mol. The second kappa shape index (κ2) is 10.8. The van der Waals surface area contributed by atoms with E-state index in [4.69, 9.17) is 9.47 Å². The topological polar surface area (TPSA) is 112 Å². The number of ether oxygens (including phenoxy) is 2. The summed E-state index contributed by atoms with van der Waals surface area (Å²) in [7, 11) is -3.22. The number of amides is 1. The lowest BCUT2D eigenvalue weighted by Gasteiger charge is -2.23. The number of nitrogens with zero attached hydrogens (tertiary/aromatic N) is 4. The van der Waals surface area contributed by atoms with Crippen molar-refractivity contribution in [2.75, 3.05) is 18.0 Å². The first-order chi connectivity index (χ1) is 16.6. The maximum absolute atomic E-state index is 14.0. The summed E-state index contributed by atoms with van der Waals surface area (Å²) in [6, 6.07) is 10.4. The van der Waals surface area contributed by atoms with Crippen molar-refractivity contribution in [1.29, 1.82) is 0 Å². The lowest BCUT2D eigenvalue weighted by Crippen LogP contribution is -2.39. The Morgan fingerprint density at radius 3 is 2.34 bits per heavy atom. The second-order valence-electron chi connectivity index (χ2n) is 8.71. The summed E-state index contributed by atoms with van der Waals surface area (Å²) in [5.41, 5.74) is 2.38. The van der Waals surface area contributed by atoms with E-state index in [2.05, 4.69) is 28.8 Å². The molecule has 10 heteroatoms. The molecule has 0 unspecified atom stereocenters. The molecule has 0 saturated heterocycles. The molecule has 0 bridgehead atoms. The molecule has 0 spiro atoms. The Balaban J connectivity index is 2.19. The van der Waals surface area contributed by atoms with Crippen LogP contribution in [-0.4, -0.2) is 43.2 Å². The SMILES string of the molecule is COc1nc(C)cnc1N(C(=O)OCC(C)C)S(=O)(=O)c1cccnc1-c1ccc(C(C)C)cc1. The number of carbonyl (C=O) groups excluding carboxylic acids is 1. The van der Waals surface area contributed by atoms with Gasteiger partial charge < -0.3 is 9.47 Å². The molecule has 3 rings (SSSR count). The Morgan fingerprint density at radius 1 is 1.06 bits per heavy atom. The fourth-order valence-corrected chi connectivity index (χ4v) is 4.72. The predicted molar refractivity (Wildman–Crippen MR) is 133 cm³/mol. The zero-order valence-electron chi connectivity index (χ0n) is 20.7. The van der Waals surface area contributed by atoms with E-state index in [0.29, 0.717) is 21.5 Å². The summed E-state index contributed by atoms with van der Waals surface area (Å²) < 4.78 is 39.1. The maximum atomic E-state index is 14.0. The molecule has 1 aromatic carbocycles. The summed E-state index contributed by atoms with van der Waals surface area (Å²) >= 11 is 0. The number of anilines is 1. The van der Waals surface area contributed by atoms with Crippen molar-refractivity contribution in [1.82, 2.24) is 15.0 Å². The molecule has 0 fully saturated rings. The highest BCUT2D eigenvalue weighted by atomic mass is 32.2. The largest absolute Gasteiger partial charge is 0.478 e. The molecule has 0 atom stereocenters. The van der Waals surface area contributed by atoms with Gasteiger partial charge >= 0.3 is 6.09 Å². The summed E-state index contributed by atoms with van der Waals surface area (Å²) in [6.07, 6.45) is 1.74.